The zero-order valence-electron chi connectivity index (χ0n) is 67.4. The number of nitriles is 1. The van der Waals surface area contributed by atoms with Crippen molar-refractivity contribution in [1.82, 2.24) is 64.5 Å². The maximum atomic E-state index is 14.6. The monoisotopic (exact) mass is 1680 g/mol. The molecule has 8 aromatic heterocycles. The van der Waals surface area contributed by atoms with Crippen LogP contribution in [0.5, 0.6) is 23.0 Å². The number of nitrogens with zero attached hydrogens (tertiary/aromatic N) is 10. The molecular formula is C90H96F6N14O12. The molecular weight excluding hydrogens is 1580 g/mol. The molecule has 20 rings (SSSR count). The lowest BCUT2D eigenvalue weighted by Crippen LogP contribution is -2.35. The van der Waals surface area contributed by atoms with Crippen LogP contribution in [0.2, 0.25) is 0 Å². The molecule has 8 aliphatic rings. The van der Waals surface area contributed by atoms with Crippen molar-refractivity contribution < 1.29 is 86.1 Å². The number of aliphatic hydroxyl groups excluding tert-OH is 8. The number of halogens is 6. The number of fused-ring (bicyclic) bond motifs is 8. The first-order chi connectivity index (χ1) is 58.9. The SMILES string of the molecule is Cc1ccnc2c1ccn2[C@@H]1C[C@H](Oc2cc(C#N)cc3c2CNCC3)[C@@H](O)[C@H]1O.Cc1ccnc2c1ccn2[C@@H]1C[C@H](Oc2cc(C(F)F)cc3c2CNCC3)[C@@H](O)[C@H]1O.Cc1ccnc2c1ccn2[C@@H]1C[C@H](Oc2ccc(F)c3c2CNCC3)[C@@H](O)[C@H]1O.Cc1ncnc2c1ccn2[C@@H]1C[C@H](Oc2cc(C(F)F)c(F)c3c2CNCC3)[C@@H](O)[C@H]1O. The van der Waals surface area contributed by atoms with E-state index in [9.17, 15) is 72.5 Å². The first-order valence-electron chi connectivity index (χ1n) is 41.3. The van der Waals surface area contributed by atoms with E-state index in [1.165, 1.54) is 24.5 Å². The maximum Gasteiger partial charge on any atom is 0.266 e. The lowest BCUT2D eigenvalue weighted by Gasteiger charge is -2.26. The van der Waals surface area contributed by atoms with Crippen molar-refractivity contribution in [2.45, 2.75) is 216 Å². The van der Waals surface area contributed by atoms with Gasteiger partial charge in [-0.1, -0.05) is 0 Å². The Bertz CT molecular complexity index is 5920. The lowest BCUT2D eigenvalue weighted by atomic mass is 9.96. The Balaban J connectivity index is 0.000000116. The predicted octanol–water partition coefficient (Wildman–Crippen LogP) is 9.84. The van der Waals surface area contributed by atoms with E-state index in [1.54, 1.807) is 41.5 Å². The van der Waals surface area contributed by atoms with Crippen LogP contribution in [0.4, 0.5) is 26.3 Å². The molecule has 0 bridgehead atoms. The number of aliphatic hydroxyl groups is 8. The number of ether oxygens (including phenoxy) is 4. The lowest BCUT2D eigenvalue weighted by molar-refractivity contribution is -0.0167. The normalized spacial score (nSPS) is 25.9. The van der Waals surface area contributed by atoms with Crippen LogP contribution >= 0.6 is 0 Å². The number of aryl methyl sites for hydroxylation is 4. The van der Waals surface area contributed by atoms with Crippen molar-refractivity contribution in [2.24, 2.45) is 0 Å². The molecule has 4 aliphatic carbocycles. The molecule has 0 spiro atoms. The molecule has 4 aliphatic heterocycles. The highest BCUT2D eigenvalue weighted by Crippen LogP contribution is 2.45. The van der Waals surface area contributed by atoms with Gasteiger partial charge in [0.15, 0.2) is 0 Å². The summed E-state index contributed by atoms with van der Waals surface area (Å²) < 4.78 is 114. The van der Waals surface area contributed by atoms with Gasteiger partial charge in [0.25, 0.3) is 12.9 Å². The van der Waals surface area contributed by atoms with Crippen LogP contribution in [-0.2, 0) is 51.9 Å². The van der Waals surface area contributed by atoms with Crippen LogP contribution in [0.1, 0.15) is 146 Å². The van der Waals surface area contributed by atoms with Crippen molar-refractivity contribution >= 4 is 44.1 Å². The highest BCUT2D eigenvalue weighted by molar-refractivity contribution is 5.82. The van der Waals surface area contributed by atoms with Gasteiger partial charge in [-0.3, -0.25) is 0 Å². The third-order valence-corrected chi connectivity index (χ3v) is 25.6. The average molecular weight is 1680 g/mol. The van der Waals surface area contributed by atoms with Crippen molar-refractivity contribution in [3.63, 3.8) is 0 Å². The first-order valence-corrected chi connectivity index (χ1v) is 41.3. The molecule has 4 saturated carbocycles. The Morgan fingerprint density at radius 1 is 0.402 bits per heavy atom. The van der Waals surface area contributed by atoms with E-state index in [0.29, 0.717) is 97.9 Å². The highest BCUT2D eigenvalue weighted by atomic mass is 19.3. The molecule has 16 atom stereocenters. The highest BCUT2D eigenvalue weighted by Gasteiger charge is 2.49. The predicted molar refractivity (Wildman–Crippen MR) is 438 cm³/mol. The summed E-state index contributed by atoms with van der Waals surface area (Å²) in [6.45, 7) is 12.7. The second-order valence-corrected chi connectivity index (χ2v) is 32.9. The smallest absolute Gasteiger partial charge is 0.266 e. The van der Waals surface area contributed by atoms with Gasteiger partial charge in [0.05, 0.1) is 47.1 Å². The van der Waals surface area contributed by atoms with Gasteiger partial charge in [-0.15, -0.1) is 0 Å². The number of hydrogen-bond acceptors (Lipinski definition) is 22. The van der Waals surface area contributed by atoms with Crippen molar-refractivity contribution in [2.75, 3.05) is 26.2 Å². The topological polar surface area (TPSA) is 355 Å². The van der Waals surface area contributed by atoms with Crippen LogP contribution in [0.15, 0.2) is 135 Å². The summed E-state index contributed by atoms with van der Waals surface area (Å²) in [5.74, 6) is 0.512. The van der Waals surface area contributed by atoms with E-state index in [1.807, 2.05) is 109 Å². The van der Waals surface area contributed by atoms with Gasteiger partial charge >= 0.3 is 0 Å². The number of hydrogen-bond donors (Lipinski definition) is 12. The minimum absolute atomic E-state index is 0.0867. The average Bonchev–Trinajstić information content (AvgIpc) is 1.57. The summed E-state index contributed by atoms with van der Waals surface area (Å²) >= 11 is 0. The van der Waals surface area contributed by atoms with Gasteiger partial charge in [-0.05, 0) is 203 Å². The van der Waals surface area contributed by atoms with Crippen LogP contribution in [0, 0.1) is 50.7 Å². The largest absolute Gasteiger partial charge is 0.487 e. The summed E-state index contributed by atoms with van der Waals surface area (Å²) in [4.78, 5) is 21.8. The van der Waals surface area contributed by atoms with Crippen LogP contribution < -0.4 is 40.2 Å². The van der Waals surface area contributed by atoms with E-state index < -0.39 is 110 Å². The second kappa shape index (κ2) is 34.9. The Hall–Kier alpha value is -10.6. The van der Waals surface area contributed by atoms with Gasteiger partial charge in [0, 0.05) is 145 Å². The fourth-order valence-electron chi connectivity index (χ4n) is 18.9. The molecule has 12 heterocycles. The standard InChI is InChI=1S/C23H25F2N3O3.C23H24N4O3.C22H23F3N4O3.C22H24FN3O3/c1-12-2-6-27-23-15(12)4-7-28(23)17-10-19(21(30)20(17)29)31-18-9-14(22(24)25)8-13-3-5-26-11-16(13)18;1-13-2-6-26-23-16(13)4-7-27(23)18-10-20(22(29)21(18)28)30-19-9-14(11-24)8-15-3-5-25-12-17(15)19;1-10-11-3-5-29(22(11)28-9-27-10)15-7-17(20(31)19(15)30)32-16-6-13(21(24)25)18(23)12-2-4-26-8-14(12)16;1-12-4-8-25-22-13(12)6-9-26(22)17-10-19(21(28)20(17)27)29-18-3-2-16(23)14-5-7-24-11-15(14)18/h2,4,6-9,17,19-22,26,29-30H,3,5,10-11H2,1H3;2,4,6-9,18,20-22,25,28-29H,3,5,10,12H2,1H3;3,5-6,9,15,17,19-21,26,30-31H,2,4,7-8H2,1H3;2-4,6,8-9,17,19-21,24,27-28H,5,7,10-11H2,1H3/t17-,19+,20+,21-;18-,20+,21+,22-;15-,17+,19+,20-;17-,19+,20+,21-/m1111/s1. The molecule has 12 N–H and O–H groups in total. The van der Waals surface area contributed by atoms with E-state index in [4.69, 9.17) is 18.9 Å². The number of nitrogens with one attached hydrogen (secondary N) is 4. The minimum Gasteiger partial charge on any atom is -0.487 e. The third-order valence-electron chi connectivity index (χ3n) is 25.6. The van der Waals surface area contributed by atoms with E-state index in [-0.39, 0.29) is 54.2 Å². The first kappa shape index (κ1) is 83.6. The summed E-state index contributed by atoms with van der Waals surface area (Å²) in [5.41, 5.74) is 12.7. The van der Waals surface area contributed by atoms with Gasteiger partial charge in [-0.2, -0.15) is 5.26 Å². The van der Waals surface area contributed by atoms with E-state index in [2.05, 4.69) is 52.3 Å². The second-order valence-electron chi connectivity index (χ2n) is 32.9. The molecule has 26 nitrogen and oxygen atoms in total. The zero-order chi connectivity index (χ0) is 85.2. The van der Waals surface area contributed by atoms with E-state index in [0.717, 1.165) is 121 Å². The summed E-state index contributed by atoms with van der Waals surface area (Å²) in [5, 5.41) is 112. The van der Waals surface area contributed by atoms with Crippen molar-refractivity contribution in [1.29, 1.82) is 5.26 Å². The van der Waals surface area contributed by atoms with Gasteiger partial charge in [-0.25, -0.2) is 51.3 Å². The molecule has 122 heavy (non-hydrogen) atoms. The molecule has 0 amide bonds. The van der Waals surface area contributed by atoms with Crippen LogP contribution in [-0.4, -0.2) is 183 Å². The Morgan fingerprint density at radius 2 is 0.787 bits per heavy atom. The zero-order valence-corrected chi connectivity index (χ0v) is 67.4. The Kier molecular flexibility index (Phi) is 23.9. The molecule has 0 unspecified atom stereocenters. The number of aromatic nitrogens is 9. The fraction of sp³-hybridized carbons (Fsp3) is 0.422. The molecule has 32 heteroatoms. The van der Waals surface area contributed by atoms with Crippen molar-refractivity contribution in [3.8, 4) is 29.1 Å². The molecule has 4 aromatic carbocycles. The summed E-state index contributed by atoms with van der Waals surface area (Å²) in [7, 11) is 0. The number of benzene rings is 4. The summed E-state index contributed by atoms with van der Waals surface area (Å²) in [6, 6.07) is 24.7. The number of rotatable bonds is 14. The number of alkyl halides is 4. The Labute approximate surface area is 697 Å². The molecule has 4 fully saturated rings. The molecule has 640 valence electrons. The summed E-state index contributed by atoms with van der Waals surface area (Å²) in [6.07, 6.45) is 0.904. The van der Waals surface area contributed by atoms with Gasteiger partial charge in [0.2, 0.25) is 0 Å². The van der Waals surface area contributed by atoms with Crippen molar-refractivity contribution in [3.05, 3.63) is 230 Å². The van der Waals surface area contributed by atoms with Gasteiger partial charge < -0.3 is 99.3 Å². The number of pyridine rings is 3. The quantitative estimate of drug-likeness (QED) is 0.0450. The minimum atomic E-state index is -2.99. The van der Waals surface area contributed by atoms with Crippen LogP contribution in [0.3, 0.4) is 0 Å². The fourth-order valence-corrected chi connectivity index (χ4v) is 18.9. The Morgan fingerprint density at radius 3 is 1.23 bits per heavy atom. The third kappa shape index (κ3) is 15.9. The molecule has 0 radical (unpaired) electrons. The van der Waals surface area contributed by atoms with E-state index >= 15 is 0 Å². The maximum absolute atomic E-state index is 14.6. The van der Waals surface area contributed by atoms with Crippen LogP contribution in [0.25, 0.3) is 44.1 Å². The molecule has 0 saturated heterocycles. The molecule has 12 aromatic rings. The van der Waals surface area contributed by atoms with Gasteiger partial charge in [0.1, 0.15) is 137 Å².